The Kier molecular flexibility index (Phi) is 4.98. The van der Waals surface area contributed by atoms with Crippen LogP contribution in [0.3, 0.4) is 0 Å². The van der Waals surface area contributed by atoms with Crippen LogP contribution in [0.15, 0.2) is 28.5 Å². The Hall–Kier alpha value is -0.730. The van der Waals surface area contributed by atoms with Gasteiger partial charge in [-0.05, 0) is 44.5 Å². The third-order valence-electron chi connectivity index (χ3n) is 2.72. The smallest absolute Gasteiger partial charge is 0.250 e. The number of rotatable bonds is 6. The topological polar surface area (TPSA) is 66.4 Å². The number of sulfonamides is 1. The molecule has 20 heavy (non-hydrogen) atoms. The molecule has 110 valence electrons. The highest BCUT2D eigenvalue weighted by Gasteiger charge is 2.19. The largest absolute Gasteiger partial charge is 0.391 e. The minimum Gasteiger partial charge on any atom is -0.391 e. The molecule has 0 spiro atoms. The minimum atomic E-state index is -3.50. The molecule has 0 amide bonds. The van der Waals surface area contributed by atoms with Gasteiger partial charge in [0.25, 0.3) is 0 Å². The van der Waals surface area contributed by atoms with E-state index in [1.807, 2.05) is 26.0 Å². The summed E-state index contributed by atoms with van der Waals surface area (Å²) < 4.78 is 27.3. The first-order valence-corrected chi connectivity index (χ1v) is 9.29. The minimum absolute atomic E-state index is 0.135. The molecule has 2 rings (SSSR count). The van der Waals surface area contributed by atoms with Crippen LogP contribution in [0.1, 0.15) is 21.6 Å². The van der Waals surface area contributed by atoms with Crippen molar-refractivity contribution in [2.75, 3.05) is 0 Å². The second-order valence-electron chi connectivity index (χ2n) is 4.62. The second kappa shape index (κ2) is 6.36. The number of hydrogen-bond donors (Lipinski definition) is 2. The lowest BCUT2D eigenvalue weighted by Crippen LogP contribution is -2.33. The van der Waals surface area contributed by atoms with Crippen molar-refractivity contribution in [3.63, 3.8) is 0 Å². The molecule has 7 heteroatoms. The lowest BCUT2D eigenvalue weighted by molar-refractivity contribution is 0.285. The highest BCUT2D eigenvalue weighted by molar-refractivity contribution is 7.91. The standard InChI is InChI=1S/C13H17NO3S3/c1-9(7-11-4-3-10(2)18-11)14-20(16,17)13-6-5-12(8-15)19-13/h3-6,9,14-15H,7-8H2,1-2H3. The van der Waals surface area contributed by atoms with Crippen LogP contribution >= 0.6 is 22.7 Å². The van der Waals surface area contributed by atoms with Gasteiger partial charge in [-0.2, -0.15) is 0 Å². The Morgan fingerprint density at radius 2 is 1.90 bits per heavy atom. The molecule has 0 radical (unpaired) electrons. The molecule has 0 aliphatic heterocycles. The number of aliphatic hydroxyl groups excluding tert-OH is 1. The van der Waals surface area contributed by atoms with E-state index in [-0.39, 0.29) is 16.9 Å². The van der Waals surface area contributed by atoms with E-state index >= 15 is 0 Å². The van der Waals surface area contributed by atoms with Crippen LogP contribution in [0.4, 0.5) is 0 Å². The van der Waals surface area contributed by atoms with Crippen LogP contribution in [0.5, 0.6) is 0 Å². The Morgan fingerprint density at radius 1 is 1.20 bits per heavy atom. The molecule has 2 heterocycles. The van der Waals surface area contributed by atoms with Gasteiger partial charge >= 0.3 is 0 Å². The predicted octanol–water partition coefficient (Wildman–Crippen LogP) is 2.52. The molecule has 4 nitrogen and oxygen atoms in total. The first kappa shape index (κ1) is 15.7. The molecule has 2 aromatic heterocycles. The molecule has 1 unspecified atom stereocenters. The molecule has 2 aromatic rings. The van der Waals surface area contributed by atoms with Gasteiger partial charge in [-0.15, -0.1) is 22.7 Å². The number of hydrogen-bond acceptors (Lipinski definition) is 5. The van der Waals surface area contributed by atoms with Crippen molar-refractivity contribution in [2.24, 2.45) is 0 Å². The highest BCUT2D eigenvalue weighted by atomic mass is 32.2. The zero-order valence-corrected chi connectivity index (χ0v) is 13.7. The van der Waals surface area contributed by atoms with Crippen LogP contribution in [-0.2, 0) is 23.1 Å². The third kappa shape index (κ3) is 3.89. The van der Waals surface area contributed by atoms with Crippen molar-refractivity contribution in [3.8, 4) is 0 Å². The molecule has 1 atom stereocenters. The van der Waals surface area contributed by atoms with E-state index in [0.29, 0.717) is 11.3 Å². The third-order valence-corrected chi connectivity index (χ3v) is 6.89. The van der Waals surface area contributed by atoms with Crippen molar-refractivity contribution in [1.82, 2.24) is 4.72 Å². The predicted molar refractivity (Wildman–Crippen MR) is 82.8 cm³/mol. The van der Waals surface area contributed by atoms with Gasteiger partial charge in [0.2, 0.25) is 10.0 Å². The Morgan fingerprint density at radius 3 is 2.45 bits per heavy atom. The van der Waals surface area contributed by atoms with E-state index in [0.717, 1.165) is 11.3 Å². The van der Waals surface area contributed by atoms with E-state index in [1.54, 1.807) is 17.4 Å². The van der Waals surface area contributed by atoms with Crippen LogP contribution < -0.4 is 4.72 Å². The number of aliphatic hydroxyl groups is 1. The van der Waals surface area contributed by atoms with E-state index in [1.165, 1.54) is 15.8 Å². The fourth-order valence-corrected chi connectivity index (χ4v) is 5.34. The van der Waals surface area contributed by atoms with Gasteiger partial charge in [0.1, 0.15) is 4.21 Å². The Bertz CT molecular complexity index is 673. The van der Waals surface area contributed by atoms with E-state index in [4.69, 9.17) is 5.11 Å². The highest BCUT2D eigenvalue weighted by Crippen LogP contribution is 2.22. The summed E-state index contributed by atoms with van der Waals surface area (Å²) in [7, 11) is -3.50. The van der Waals surface area contributed by atoms with Gasteiger partial charge in [0.15, 0.2) is 0 Å². The van der Waals surface area contributed by atoms with Crippen molar-refractivity contribution in [1.29, 1.82) is 0 Å². The summed E-state index contributed by atoms with van der Waals surface area (Å²) in [5.74, 6) is 0. The molecule has 0 saturated heterocycles. The first-order chi connectivity index (χ1) is 9.40. The van der Waals surface area contributed by atoms with Gasteiger partial charge < -0.3 is 5.11 Å². The van der Waals surface area contributed by atoms with Gasteiger partial charge in [-0.25, -0.2) is 13.1 Å². The number of thiophene rings is 2. The molecule has 0 bridgehead atoms. The normalized spacial score (nSPS) is 13.6. The van der Waals surface area contributed by atoms with E-state index in [2.05, 4.69) is 4.72 Å². The zero-order chi connectivity index (χ0) is 14.8. The molecule has 0 aliphatic rings. The molecular formula is C13H17NO3S3. The average Bonchev–Trinajstić information content (AvgIpc) is 2.97. The van der Waals surface area contributed by atoms with Gasteiger partial charge in [-0.1, -0.05) is 0 Å². The maximum absolute atomic E-state index is 12.2. The summed E-state index contributed by atoms with van der Waals surface area (Å²) in [5, 5.41) is 8.99. The van der Waals surface area contributed by atoms with Crippen LogP contribution in [0.2, 0.25) is 0 Å². The summed E-state index contributed by atoms with van der Waals surface area (Å²) in [6.07, 6.45) is 0.677. The molecule has 0 aliphatic carbocycles. The maximum Gasteiger partial charge on any atom is 0.250 e. The lowest BCUT2D eigenvalue weighted by Gasteiger charge is -2.12. The summed E-state index contributed by atoms with van der Waals surface area (Å²) >= 11 is 2.77. The van der Waals surface area contributed by atoms with Gasteiger partial charge in [0, 0.05) is 20.7 Å². The maximum atomic E-state index is 12.2. The number of aryl methyl sites for hydroxylation is 1. The van der Waals surface area contributed by atoms with E-state index in [9.17, 15) is 8.42 Å². The van der Waals surface area contributed by atoms with Crippen molar-refractivity contribution >= 4 is 32.7 Å². The molecule has 0 saturated carbocycles. The second-order valence-corrected chi connectivity index (χ2v) is 9.10. The average molecular weight is 331 g/mol. The summed E-state index contributed by atoms with van der Waals surface area (Å²) in [6, 6.07) is 7.05. The summed E-state index contributed by atoms with van der Waals surface area (Å²) in [4.78, 5) is 3.03. The fourth-order valence-electron chi connectivity index (χ4n) is 1.85. The quantitative estimate of drug-likeness (QED) is 0.855. The fraction of sp³-hybridized carbons (Fsp3) is 0.385. The van der Waals surface area contributed by atoms with Crippen LogP contribution in [0.25, 0.3) is 0 Å². The van der Waals surface area contributed by atoms with Gasteiger partial charge in [-0.3, -0.25) is 0 Å². The number of nitrogens with one attached hydrogen (secondary N) is 1. The zero-order valence-electron chi connectivity index (χ0n) is 11.3. The van der Waals surface area contributed by atoms with Crippen molar-refractivity contribution in [2.45, 2.75) is 37.1 Å². The lowest BCUT2D eigenvalue weighted by atomic mass is 10.2. The monoisotopic (exact) mass is 331 g/mol. The van der Waals surface area contributed by atoms with E-state index < -0.39 is 10.0 Å². The molecule has 2 N–H and O–H groups in total. The van der Waals surface area contributed by atoms with Crippen LogP contribution in [0, 0.1) is 6.92 Å². The van der Waals surface area contributed by atoms with Crippen molar-refractivity contribution in [3.05, 3.63) is 38.9 Å². The van der Waals surface area contributed by atoms with Crippen molar-refractivity contribution < 1.29 is 13.5 Å². The molecule has 0 aromatic carbocycles. The van der Waals surface area contributed by atoms with Gasteiger partial charge in [0.05, 0.1) is 6.61 Å². The Balaban J connectivity index is 2.04. The van der Waals surface area contributed by atoms with Crippen LogP contribution in [-0.4, -0.2) is 19.6 Å². The first-order valence-electron chi connectivity index (χ1n) is 6.18. The summed E-state index contributed by atoms with van der Waals surface area (Å²) in [6.45, 7) is 3.75. The Labute approximate surface area is 127 Å². The SMILES string of the molecule is Cc1ccc(CC(C)NS(=O)(=O)c2ccc(CO)s2)s1. The molecular weight excluding hydrogens is 314 g/mol. The molecule has 0 fully saturated rings. The summed E-state index contributed by atoms with van der Waals surface area (Å²) in [5.41, 5.74) is 0.